The lowest BCUT2D eigenvalue weighted by atomic mass is 9.83. The molecular formula is C23H23F3N2OS. The van der Waals surface area contributed by atoms with Gasteiger partial charge in [-0.25, -0.2) is 4.21 Å². The van der Waals surface area contributed by atoms with Gasteiger partial charge in [0.25, 0.3) is 0 Å². The van der Waals surface area contributed by atoms with Gasteiger partial charge < -0.3 is 9.29 Å². The Balaban J connectivity index is 2.21. The predicted octanol–water partition coefficient (Wildman–Crippen LogP) is 5.93. The molecule has 0 amide bonds. The summed E-state index contributed by atoms with van der Waals surface area (Å²) in [4.78, 5) is 0. The molecule has 3 aromatic rings. The van der Waals surface area contributed by atoms with Crippen molar-refractivity contribution in [1.82, 2.24) is 4.57 Å². The molecule has 1 heterocycles. The molecule has 1 aromatic heterocycles. The van der Waals surface area contributed by atoms with Gasteiger partial charge in [0.05, 0.1) is 22.3 Å². The summed E-state index contributed by atoms with van der Waals surface area (Å²) < 4.78 is 55.9. The van der Waals surface area contributed by atoms with Crippen LogP contribution < -0.4 is 4.72 Å². The molecule has 0 aliphatic heterocycles. The van der Waals surface area contributed by atoms with Crippen molar-refractivity contribution in [3.05, 3.63) is 65.9 Å². The van der Waals surface area contributed by atoms with Crippen molar-refractivity contribution in [1.29, 1.82) is 0 Å². The zero-order valence-corrected chi connectivity index (χ0v) is 17.8. The molecule has 1 N–H and O–H groups in total. The minimum absolute atomic E-state index is 0.451. The van der Waals surface area contributed by atoms with Crippen molar-refractivity contribution < 1.29 is 17.4 Å². The molecule has 0 saturated heterocycles. The number of nitrogens with one attached hydrogen (secondary N) is 1. The van der Waals surface area contributed by atoms with Gasteiger partial charge in [0.1, 0.15) is 11.0 Å². The van der Waals surface area contributed by atoms with Gasteiger partial charge in [-0.1, -0.05) is 25.1 Å². The van der Waals surface area contributed by atoms with E-state index in [-0.39, 0.29) is 0 Å². The molecule has 0 saturated carbocycles. The molecule has 0 bridgehead atoms. The van der Waals surface area contributed by atoms with Crippen LogP contribution in [0, 0.1) is 11.8 Å². The summed E-state index contributed by atoms with van der Waals surface area (Å²) in [6.07, 6.45) is 0.186. The molecule has 0 radical (unpaired) electrons. The molecule has 3 rings (SSSR count). The Morgan fingerprint density at radius 1 is 1.07 bits per heavy atom. The lowest BCUT2D eigenvalue weighted by Crippen LogP contribution is -2.33. The summed E-state index contributed by atoms with van der Waals surface area (Å²) in [5, 5.41) is 0.891. The number of hydrogen-bond donors (Lipinski definition) is 1. The van der Waals surface area contributed by atoms with Crippen LogP contribution in [-0.4, -0.2) is 15.0 Å². The number of halogens is 3. The van der Waals surface area contributed by atoms with Gasteiger partial charge in [0.2, 0.25) is 0 Å². The fourth-order valence-corrected chi connectivity index (χ4v) is 4.30. The van der Waals surface area contributed by atoms with Crippen molar-refractivity contribution in [2.75, 3.05) is 11.0 Å². The van der Waals surface area contributed by atoms with Crippen LogP contribution in [0.1, 0.15) is 37.8 Å². The Hall–Kier alpha value is -2.72. The van der Waals surface area contributed by atoms with E-state index in [0.717, 1.165) is 34.3 Å². The molecule has 0 aliphatic rings. The summed E-state index contributed by atoms with van der Waals surface area (Å²) in [6.45, 7) is 3.75. The Bertz CT molecular complexity index is 1120. The second kappa shape index (κ2) is 8.57. The molecule has 2 aromatic carbocycles. The number of fused-ring (bicyclic) bond motifs is 1. The van der Waals surface area contributed by atoms with Crippen LogP contribution in [0.15, 0.2) is 54.7 Å². The normalized spacial score (nSPS) is 14.6. The predicted molar refractivity (Wildman–Crippen MR) is 117 cm³/mol. The summed E-state index contributed by atoms with van der Waals surface area (Å²) in [5.41, 5.74) is 1.08. The van der Waals surface area contributed by atoms with Crippen LogP contribution in [0.2, 0.25) is 0 Å². The minimum Gasteiger partial charge on any atom is -0.336 e. The summed E-state index contributed by atoms with van der Waals surface area (Å²) in [6, 6.07) is 12.9. The Morgan fingerprint density at radius 3 is 2.30 bits per heavy atom. The first kappa shape index (κ1) is 22.0. The highest BCUT2D eigenvalue weighted by molar-refractivity contribution is 7.85. The van der Waals surface area contributed by atoms with Crippen molar-refractivity contribution in [3.63, 3.8) is 0 Å². The number of hydrogen-bond acceptors (Lipinski definition) is 1. The third kappa shape index (κ3) is 4.10. The van der Waals surface area contributed by atoms with E-state index in [2.05, 4.69) is 21.1 Å². The first-order valence-corrected chi connectivity index (χ1v) is 11.1. The van der Waals surface area contributed by atoms with E-state index >= 15 is 0 Å². The van der Waals surface area contributed by atoms with Gasteiger partial charge >= 0.3 is 6.18 Å². The molecule has 3 nitrogen and oxygen atoms in total. The van der Waals surface area contributed by atoms with Crippen LogP contribution in [0.3, 0.4) is 0 Å². The van der Waals surface area contributed by atoms with Gasteiger partial charge in [-0.15, -0.1) is 11.8 Å². The van der Waals surface area contributed by atoms with E-state index in [9.17, 15) is 17.4 Å². The molecule has 158 valence electrons. The van der Waals surface area contributed by atoms with Crippen LogP contribution in [0.5, 0.6) is 0 Å². The van der Waals surface area contributed by atoms with Crippen molar-refractivity contribution in [2.24, 2.45) is 0 Å². The lowest BCUT2D eigenvalue weighted by Gasteiger charge is -2.35. The quantitative estimate of drug-likeness (QED) is 0.481. The topological polar surface area (TPSA) is 34.0 Å². The van der Waals surface area contributed by atoms with Crippen LogP contribution in [0.4, 0.5) is 18.9 Å². The summed E-state index contributed by atoms with van der Waals surface area (Å²) in [7, 11) is -1.23. The fourth-order valence-electron chi connectivity index (χ4n) is 3.81. The van der Waals surface area contributed by atoms with E-state index in [1.54, 1.807) is 25.3 Å². The standard InChI is InChI=1S/C23H23F3N2OS/c1-4-6-15-22(5-2,17-10-12-18(13-11-17)23(24,25)26)28-16-14-19-20(27-30(3)29)8-7-9-21(19)28/h7-14,16,27H,5,15H2,1-3H3. The number of nitrogens with zero attached hydrogens (tertiary/aromatic N) is 1. The number of aromatic nitrogens is 1. The maximum absolute atomic E-state index is 13.1. The largest absolute Gasteiger partial charge is 0.416 e. The lowest BCUT2D eigenvalue weighted by molar-refractivity contribution is -0.137. The van der Waals surface area contributed by atoms with E-state index in [4.69, 9.17) is 0 Å². The second-order valence-corrected chi connectivity index (χ2v) is 8.16. The molecule has 30 heavy (non-hydrogen) atoms. The van der Waals surface area contributed by atoms with Crippen molar-refractivity contribution in [2.45, 2.75) is 38.4 Å². The Kier molecular flexibility index (Phi) is 6.27. The maximum Gasteiger partial charge on any atom is 0.416 e. The zero-order chi connectivity index (χ0) is 21.9. The molecule has 0 spiro atoms. The average molecular weight is 433 g/mol. The molecule has 2 atom stereocenters. The van der Waals surface area contributed by atoms with E-state index < -0.39 is 28.3 Å². The summed E-state index contributed by atoms with van der Waals surface area (Å²) in [5.74, 6) is 6.04. The highest BCUT2D eigenvalue weighted by Crippen LogP contribution is 2.39. The fraction of sp³-hybridized carbons (Fsp3) is 0.304. The van der Waals surface area contributed by atoms with Gasteiger partial charge in [-0.3, -0.25) is 0 Å². The smallest absolute Gasteiger partial charge is 0.336 e. The van der Waals surface area contributed by atoms with Gasteiger partial charge in [0.15, 0.2) is 0 Å². The zero-order valence-electron chi connectivity index (χ0n) is 17.0. The second-order valence-electron chi connectivity index (χ2n) is 7.04. The highest BCUT2D eigenvalue weighted by Gasteiger charge is 2.35. The minimum atomic E-state index is -4.38. The molecule has 0 fully saturated rings. The number of rotatable bonds is 6. The van der Waals surface area contributed by atoms with Crippen LogP contribution in [0.25, 0.3) is 10.9 Å². The molecule has 2 unspecified atom stereocenters. The average Bonchev–Trinajstić information content (AvgIpc) is 3.14. The molecular weight excluding hydrogens is 409 g/mol. The van der Waals surface area contributed by atoms with E-state index in [1.807, 2.05) is 37.4 Å². The van der Waals surface area contributed by atoms with E-state index in [1.165, 1.54) is 0 Å². The van der Waals surface area contributed by atoms with Gasteiger partial charge in [0, 0.05) is 24.3 Å². The van der Waals surface area contributed by atoms with E-state index in [0.29, 0.717) is 12.8 Å². The first-order valence-electron chi connectivity index (χ1n) is 9.51. The summed E-state index contributed by atoms with van der Waals surface area (Å²) >= 11 is 0. The van der Waals surface area contributed by atoms with Crippen molar-refractivity contribution >= 4 is 27.6 Å². The third-order valence-corrected chi connectivity index (χ3v) is 5.85. The monoisotopic (exact) mass is 432 g/mol. The van der Waals surface area contributed by atoms with Crippen LogP contribution in [-0.2, 0) is 22.7 Å². The van der Waals surface area contributed by atoms with Crippen LogP contribution >= 0.6 is 0 Å². The molecule has 0 aliphatic carbocycles. The van der Waals surface area contributed by atoms with Gasteiger partial charge in [-0.05, 0) is 49.2 Å². The first-order chi connectivity index (χ1) is 14.2. The molecule has 7 heteroatoms. The SMILES string of the molecule is CC#CCC(CC)(c1ccc(C(F)(F)F)cc1)n1ccc2c(NS(C)=O)cccc21. The number of anilines is 1. The van der Waals surface area contributed by atoms with Gasteiger partial charge in [-0.2, -0.15) is 13.2 Å². The maximum atomic E-state index is 13.1. The highest BCUT2D eigenvalue weighted by atomic mass is 32.2. The Labute approximate surface area is 176 Å². The number of alkyl halides is 3. The number of benzene rings is 2. The van der Waals surface area contributed by atoms with Crippen molar-refractivity contribution in [3.8, 4) is 11.8 Å². The third-order valence-electron chi connectivity index (χ3n) is 5.34. The Morgan fingerprint density at radius 2 is 1.73 bits per heavy atom.